The first-order valence-electron chi connectivity index (χ1n) is 5.69. The number of hydrogen-bond acceptors (Lipinski definition) is 0. The Bertz CT molecular complexity index is 111. The minimum absolute atomic E-state index is 0.315. The second-order valence-electron chi connectivity index (χ2n) is 4.94. The fourth-order valence-corrected chi connectivity index (χ4v) is 2.29. The summed E-state index contributed by atoms with van der Waals surface area (Å²) in [6.07, 6.45) is 1.17. The molecule has 0 unspecified atom stereocenters. The van der Waals surface area contributed by atoms with Crippen molar-refractivity contribution in [3.63, 3.8) is 0 Å². The van der Waals surface area contributed by atoms with Gasteiger partial charge in [0.2, 0.25) is 0 Å². The van der Waals surface area contributed by atoms with E-state index in [4.69, 9.17) is 5.41 Å². The third-order valence-electron chi connectivity index (χ3n) is 1.57. The number of rotatable bonds is 5. The third-order valence-corrected chi connectivity index (χ3v) is 4.13. The van der Waals surface area contributed by atoms with Gasteiger partial charge in [0.15, 0.2) is 0 Å². The van der Waals surface area contributed by atoms with Crippen LogP contribution in [-0.2, 0) is 0 Å². The molecule has 0 rings (SSSR count). The fourth-order valence-electron chi connectivity index (χ4n) is 0.763. The monoisotopic (exact) mass is 211 g/mol. The topological polar surface area (TPSA) is 22.3 Å². The van der Waals surface area contributed by atoms with Crippen LogP contribution in [0.15, 0.2) is 0 Å². The molecule has 0 radical (unpaired) electrons. The van der Waals surface area contributed by atoms with Gasteiger partial charge in [0.1, 0.15) is 0 Å². The molecule has 0 heterocycles. The molecule has 2 heteroatoms. The zero-order chi connectivity index (χ0) is 11.6. The van der Waals surface area contributed by atoms with Crippen molar-refractivity contribution in [2.24, 2.45) is 17.8 Å². The van der Waals surface area contributed by atoms with Gasteiger partial charge in [-0.25, -0.2) is 6.21 Å². The van der Waals surface area contributed by atoms with E-state index in [2.05, 4.69) is 27.7 Å². The molecule has 0 N–H and O–H groups in total. The van der Waals surface area contributed by atoms with Gasteiger partial charge in [-0.2, -0.15) is 0 Å². The van der Waals surface area contributed by atoms with E-state index < -0.39 is 0 Å². The first-order chi connectivity index (χ1) is 6.40. The van der Waals surface area contributed by atoms with Crippen molar-refractivity contribution in [1.82, 2.24) is 0 Å². The van der Waals surface area contributed by atoms with Crippen molar-refractivity contribution in [3.8, 4) is 0 Å². The molecule has 0 amide bonds. The summed E-state index contributed by atoms with van der Waals surface area (Å²) in [5.41, 5.74) is 0. The van der Waals surface area contributed by atoms with E-state index in [0.717, 1.165) is 27.1 Å². The summed E-state index contributed by atoms with van der Waals surface area (Å²) in [5, 5.41) is 11.0. The maximum absolute atomic E-state index is 8.02. The average molecular weight is 211 g/mol. The van der Waals surface area contributed by atoms with E-state index in [1.807, 2.05) is 13.8 Å². The zero-order valence-electron chi connectivity index (χ0n) is 10.7. The average Bonchev–Trinajstić information content (AvgIpc) is 2.04. The molecule has 0 spiro atoms. The van der Waals surface area contributed by atoms with Gasteiger partial charge in [0.05, 0.1) is 0 Å². The molecule has 0 fully saturated rings. The van der Waals surface area contributed by atoms with Gasteiger partial charge < -0.3 is 5.41 Å². The molecule has 0 aliphatic carbocycles. The van der Waals surface area contributed by atoms with Crippen LogP contribution in [0.4, 0.5) is 0 Å². The van der Waals surface area contributed by atoms with Crippen molar-refractivity contribution in [2.45, 2.75) is 52.1 Å². The second-order valence-corrected chi connectivity index (χ2v) is 6.46. The molecule has 82 valence electrons. The maximum atomic E-state index is 8.02. The van der Waals surface area contributed by atoms with Crippen molar-refractivity contribution in [3.05, 3.63) is 5.41 Å². The van der Waals surface area contributed by atoms with Gasteiger partial charge in [0.25, 0.3) is 0 Å². The van der Waals surface area contributed by atoms with Crippen LogP contribution in [0.3, 0.4) is 0 Å². The molecule has 0 aromatic carbocycles. The first kappa shape index (κ1) is 16.6. The molecular formula is C12H26AlN. The Morgan fingerprint density at radius 3 is 1.36 bits per heavy atom. The molecule has 0 aromatic heterocycles. The van der Waals surface area contributed by atoms with Gasteiger partial charge >= 0.3 is 65.3 Å². The van der Waals surface area contributed by atoms with E-state index in [1.54, 1.807) is 0 Å². The zero-order valence-corrected chi connectivity index (χ0v) is 11.9. The van der Waals surface area contributed by atoms with Crippen molar-refractivity contribution in [2.75, 3.05) is 0 Å². The van der Waals surface area contributed by atoms with E-state index in [-0.39, 0.29) is 0 Å². The Morgan fingerprint density at radius 2 is 1.21 bits per heavy atom. The predicted octanol–water partition coefficient (Wildman–Crippen LogP) is 4.12. The molecule has 0 aliphatic heterocycles. The van der Waals surface area contributed by atoms with Crippen LogP contribution in [0.1, 0.15) is 41.5 Å². The van der Waals surface area contributed by atoms with Crippen LogP contribution >= 0.6 is 0 Å². The minimum atomic E-state index is 0.315. The van der Waals surface area contributed by atoms with E-state index in [1.165, 1.54) is 16.8 Å². The summed E-state index contributed by atoms with van der Waals surface area (Å²) >= 11 is 0.755. The quantitative estimate of drug-likeness (QED) is 0.482. The Labute approximate surface area is 96.9 Å². The standard InChI is InChI=1S/C4H8N.2C4H9.Al/c1-4(2)3-5;2*1-4(2)3;/h3-4H,1-2H3;2*4H,1H2,2-3H3;/q-1;;;+1. The molecule has 0 atom stereocenters. The van der Waals surface area contributed by atoms with Crippen LogP contribution in [0, 0.1) is 17.8 Å². The van der Waals surface area contributed by atoms with Gasteiger partial charge in [-0.3, -0.25) is 0 Å². The Balaban J connectivity index is 0. The Morgan fingerprint density at radius 1 is 0.929 bits per heavy atom. The summed E-state index contributed by atoms with van der Waals surface area (Å²) in [7, 11) is 0. The third kappa shape index (κ3) is 22.8. The van der Waals surface area contributed by atoms with Gasteiger partial charge in [-0.05, 0) is 0 Å². The van der Waals surface area contributed by atoms with Crippen LogP contribution < -0.4 is 0 Å². The number of nitrogens with zero attached hydrogens (tertiary/aromatic N) is 1. The van der Waals surface area contributed by atoms with Gasteiger partial charge in [0, 0.05) is 0 Å². The molecular weight excluding hydrogens is 185 g/mol. The normalized spacial score (nSPS) is 9.79. The predicted molar refractivity (Wildman–Crippen MR) is 69.3 cm³/mol. The summed E-state index contributed by atoms with van der Waals surface area (Å²) in [4.78, 5) is 0. The molecule has 14 heavy (non-hydrogen) atoms. The van der Waals surface area contributed by atoms with Crippen molar-refractivity contribution in [1.29, 1.82) is 0 Å². The summed E-state index contributed by atoms with van der Waals surface area (Å²) < 4.78 is 0. The van der Waals surface area contributed by atoms with Gasteiger partial charge in [-0.15, -0.1) is 0 Å². The Hall–Kier alpha value is 0.202. The van der Waals surface area contributed by atoms with E-state index >= 15 is 0 Å². The summed E-state index contributed by atoms with van der Waals surface area (Å²) in [5.74, 6) is 2.17. The molecule has 0 saturated heterocycles. The molecule has 1 nitrogen and oxygen atoms in total. The van der Waals surface area contributed by atoms with Crippen LogP contribution in [0.2, 0.25) is 10.6 Å². The second kappa shape index (κ2) is 11.3. The van der Waals surface area contributed by atoms with Crippen molar-refractivity contribution >= 4 is 21.4 Å². The summed E-state index contributed by atoms with van der Waals surface area (Å²) in [6, 6.07) is 0. The fraction of sp³-hybridized carbons (Fsp3) is 0.917. The van der Waals surface area contributed by atoms with Gasteiger partial charge in [-0.1, -0.05) is 19.8 Å². The summed E-state index contributed by atoms with van der Waals surface area (Å²) in [6.45, 7) is 13.1. The molecule has 0 aliphatic rings. The van der Waals surface area contributed by atoms with E-state index in [0.29, 0.717) is 5.92 Å². The molecule has 0 bridgehead atoms. The first-order valence-corrected chi connectivity index (χ1v) is 7.32. The van der Waals surface area contributed by atoms with Crippen LogP contribution in [0.25, 0.3) is 5.41 Å². The molecule has 0 saturated carbocycles. The molecule has 0 aromatic rings. The number of hydrogen-bond donors (Lipinski definition) is 0. The van der Waals surface area contributed by atoms with Crippen molar-refractivity contribution < 1.29 is 0 Å². The Kier molecular flexibility index (Phi) is 13.4. The van der Waals surface area contributed by atoms with Crippen LogP contribution in [-0.4, -0.2) is 21.4 Å². The SMILES string of the molecule is CC(C)C=[N-].CC(C)[CH2][Al+][CH2]C(C)C. The van der Waals surface area contributed by atoms with Crippen LogP contribution in [0.5, 0.6) is 0 Å². The van der Waals surface area contributed by atoms with E-state index in [9.17, 15) is 0 Å².